The Bertz CT molecular complexity index is 608. The lowest BCUT2D eigenvalue weighted by molar-refractivity contribution is 0.0573. The van der Waals surface area contributed by atoms with E-state index in [1.807, 2.05) is 4.90 Å². The Morgan fingerprint density at radius 3 is 3.00 bits per heavy atom. The normalized spacial score (nSPS) is 23.8. The van der Waals surface area contributed by atoms with E-state index in [-0.39, 0.29) is 5.91 Å². The molecule has 1 amide bonds. The lowest BCUT2D eigenvalue weighted by atomic mass is 9.94. The van der Waals surface area contributed by atoms with Gasteiger partial charge in [0, 0.05) is 18.8 Å². The zero-order valence-corrected chi connectivity index (χ0v) is 11.2. The highest BCUT2D eigenvalue weighted by molar-refractivity contribution is 5.94. The molecule has 6 heteroatoms. The predicted octanol–water partition coefficient (Wildman–Crippen LogP) is 1.38. The van der Waals surface area contributed by atoms with Crippen LogP contribution in [0, 0.1) is 5.92 Å². The second-order valence-corrected chi connectivity index (χ2v) is 5.39. The van der Waals surface area contributed by atoms with Gasteiger partial charge in [-0.2, -0.15) is 4.52 Å². The third-order valence-electron chi connectivity index (χ3n) is 3.82. The molecule has 0 saturated carbocycles. The van der Waals surface area contributed by atoms with Gasteiger partial charge in [-0.25, -0.2) is 0 Å². The summed E-state index contributed by atoms with van der Waals surface area (Å²) in [6.45, 7) is 5.13. The SMILES string of the molecule is CC1CCC(C)N(C(=O)c2ccc3nnnn3c2)C1. The van der Waals surface area contributed by atoms with Crippen LogP contribution >= 0.6 is 0 Å². The third kappa shape index (κ3) is 2.18. The van der Waals surface area contributed by atoms with Crippen LogP contribution in [0.5, 0.6) is 0 Å². The van der Waals surface area contributed by atoms with Crippen molar-refractivity contribution in [2.75, 3.05) is 6.54 Å². The van der Waals surface area contributed by atoms with Crippen molar-refractivity contribution in [3.8, 4) is 0 Å². The summed E-state index contributed by atoms with van der Waals surface area (Å²) in [7, 11) is 0. The molecule has 2 atom stereocenters. The molecule has 0 aromatic carbocycles. The average Bonchev–Trinajstić information content (AvgIpc) is 2.88. The van der Waals surface area contributed by atoms with Gasteiger partial charge in [0.25, 0.3) is 5.91 Å². The van der Waals surface area contributed by atoms with E-state index in [2.05, 4.69) is 29.4 Å². The molecule has 19 heavy (non-hydrogen) atoms. The Kier molecular flexibility index (Phi) is 2.93. The van der Waals surface area contributed by atoms with Crippen molar-refractivity contribution in [1.29, 1.82) is 0 Å². The smallest absolute Gasteiger partial charge is 0.255 e. The van der Waals surface area contributed by atoms with E-state index in [1.165, 1.54) is 10.9 Å². The number of likely N-dealkylation sites (tertiary alicyclic amines) is 1. The number of tetrazole rings is 1. The van der Waals surface area contributed by atoms with E-state index >= 15 is 0 Å². The third-order valence-corrected chi connectivity index (χ3v) is 3.82. The average molecular weight is 259 g/mol. The molecule has 1 aliphatic rings. The summed E-state index contributed by atoms with van der Waals surface area (Å²) in [5.74, 6) is 0.633. The molecule has 100 valence electrons. The number of rotatable bonds is 1. The molecule has 0 spiro atoms. The number of amides is 1. The van der Waals surface area contributed by atoms with Crippen molar-refractivity contribution < 1.29 is 4.79 Å². The zero-order valence-electron chi connectivity index (χ0n) is 11.2. The number of fused-ring (bicyclic) bond motifs is 1. The Hall–Kier alpha value is -1.98. The second-order valence-electron chi connectivity index (χ2n) is 5.39. The minimum Gasteiger partial charge on any atom is -0.336 e. The molecule has 1 fully saturated rings. The van der Waals surface area contributed by atoms with E-state index in [9.17, 15) is 4.79 Å². The summed E-state index contributed by atoms with van der Waals surface area (Å²) >= 11 is 0. The minimum atomic E-state index is 0.0662. The van der Waals surface area contributed by atoms with Gasteiger partial charge < -0.3 is 4.90 Å². The van der Waals surface area contributed by atoms with E-state index in [4.69, 9.17) is 0 Å². The second kappa shape index (κ2) is 4.60. The van der Waals surface area contributed by atoms with Crippen LogP contribution in [-0.4, -0.2) is 43.4 Å². The summed E-state index contributed by atoms with van der Waals surface area (Å²) in [4.78, 5) is 14.5. The zero-order chi connectivity index (χ0) is 13.4. The number of hydrogen-bond acceptors (Lipinski definition) is 4. The number of nitrogens with zero attached hydrogens (tertiary/aromatic N) is 5. The molecular formula is C13H17N5O. The van der Waals surface area contributed by atoms with Gasteiger partial charge in [0.1, 0.15) is 0 Å². The van der Waals surface area contributed by atoms with E-state index in [0.29, 0.717) is 23.2 Å². The highest BCUT2D eigenvalue weighted by Crippen LogP contribution is 2.23. The Morgan fingerprint density at radius 2 is 2.16 bits per heavy atom. The van der Waals surface area contributed by atoms with Gasteiger partial charge in [0.2, 0.25) is 0 Å². The van der Waals surface area contributed by atoms with Gasteiger partial charge in [0.05, 0.1) is 5.56 Å². The van der Waals surface area contributed by atoms with Gasteiger partial charge in [-0.3, -0.25) is 4.79 Å². The molecule has 0 N–H and O–H groups in total. The molecule has 2 aromatic heterocycles. The maximum absolute atomic E-state index is 12.6. The van der Waals surface area contributed by atoms with Crippen molar-refractivity contribution >= 4 is 11.6 Å². The molecule has 0 radical (unpaired) electrons. The van der Waals surface area contributed by atoms with Gasteiger partial charge in [-0.15, -0.1) is 5.10 Å². The summed E-state index contributed by atoms with van der Waals surface area (Å²) < 4.78 is 1.53. The monoisotopic (exact) mass is 259 g/mol. The fourth-order valence-electron chi connectivity index (χ4n) is 2.61. The van der Waals surface area contributed by atoms with E-state index < -0.39 is 0 Å². The molecule has 3 heterocycles. The van der Waals surface area contributed by atoms with Crippen LogP contribution in [0.25, 0.3) is 5.65 Å². The van der Waals surface area contributed by atoms with Crippen molar-refractivity contribution in [3.63, 3.8) is 0 Å². The standard InChI is InChI=1S/C13H17N5O/c1-9-3-4-10(2)17(7-9)13(19)11-5-6-12-14-15-16-18(12)8-11/h5-6,8-10H,3-4,7H2,1-2H3. The molecule has 0 bridgehead atoms. The largest absolute Gasteiger partial charge is 0.336 e. The fourth-order valence-corrected chi connectivity index (χ4v) is 2.61. The minimum absolute atomic E-state index is 0.0662. The topological polar surface area (TPSA) is 63.4 Å². The summed E-state index contributed by atoms with van der Waals surface area (Å²) in [6, 6.07) is 3.86. The molecule has 1 saturated heterocycles. The van der Waals surface area contributed by atoms with Crippen LogP contribution in [-0.2, 0) is 0 Å². The van der Waals surface area contributed by atoms with E-state index in [1.54, 1.807) is 18.3 Å². The Morgan fingerprint density at radius 1 is 1.32 bits per heavy atom. The molecule has 2 aromatic rings. The number of piperidine rings is 1. The summed E-state index contributed by atoms with van der Waals surface area (Å²) in [6.07, 6.45) is 3.96. The van der Waals surface area contributed by atoms with Crippen LogP contribution in [0.4, 0.5) is 0 Å². The van der Waals surface area contributed by atoms with Crippen molar-refractivity contribution in [2.45, 2.75) is 32.7 Å². The van der Waals surface area contributed by atoms with Crippen LogP contribution in [0.2, 0.25) is 0 Å². The first-order valence-corrected chi connectivity index (χ1v) is 6.64. The molecular weight excluding hydrogens is 242 g/mol. The highest BCUT2D eigenvalue weighted by atomic mass is 16.2. The molecule has 1 aliphatic heterocycles. The Labute approximate surface area is 111 Å². The number of pyridine rings is 1. The van der Waals surface area contributed by atoms with Crippen molar-refractivity contribution in [1.82, 2.24) is 24.9 Å². The number of carbonyl (C=O) groups is 1. The maximum atomic E-state index is 12.6. The predicted molar refractivity (Wildman–Crippen MR) is 69.7 cm³/mol. The molecule has 6 nitrogen and oxygen atoms in total. The number of carbonyl (C=O) groups excluding carboxylic acids is 1. The van der Waals surface area contributed by atoms with Crippen LogP contribution < -0.4 is 0 Å². The lowest BCUT2D eigenvalue weighted by Gasteiger charge is -2.36. The summed E-state index contributed by atoms with van der Waals surface area (Å²) in [5, 5.41) is 11.2. The number of hydrogen-bond donors (Lipinski definition) is 0. The fraction of sp³-hybridized carbons (Fsp3) is 0.538. The van der Waals surface area contributed by atoms with Gasteiger partial charge in [0.15, 0.2) is 5.65 Å². The number of aromatic nitrogens is 4. The first-order chi connectivity index (χ1) is 9.15. The molecule has 0 aliphatic carbocycles. The van der Waals surface area contributed by atoms with Crippen LogP contribution in [0.15, 0.2) is 18.3 Å². The Balaban J connectivity index is 1.89. The summed E-state index contributed by atoms with van der Waals surface area (Å²) in [5.41, 5.74) is 1.29. The van der Waals surface area contributed by atoms with Crippen molar-refractivity contribution in [2.24, 2.45) is 5.92 Å². The first-order valence-electron chi connectivity index (χ1n) is 6.64. The van der Waals surface area contributed by atoms with Gasteiger partial charge in [-0.1, -0.05) is 6.92 Å². The highest BCUT2D eigenvalue weighted by Gasteiger charge is 2.27. The molecule has 2 unspecified atom stereocenters. The van der Waals surface area contributed by atoms with Crippen LogP contribution in [0.3, 0.4) is 0 Å². The lowest BCUT2D eigenvalue weighted by Crippen LogP contribution is -2.45. The first kappa shape index (κ1) is 12.1. The van der Waals surface area contributed by atoms with Gasteiger partial charge in [-0.05, 0) is 48.2 Å². The van der Waals surface area contributed by atoms with E-state index in [0.717, 1.165) is 13.0 Å². The van der Waals surface area contributed by atoms with Crippen LogP contribution in [0.1, 0.15) is 37.0 Å². The quantitative estimate of drug-likeness (QED) is 0.776. The van der Waals surface area contributed by atoms with Crippen molar-refractivity contribution in [3.05, 3.63) is 23.9 Å². The van der Waals surface area contributed by atoms with Gasteiger partial charge >= 0.3 is 0 Å². The maximum Gasteiger partial charge on any atom is 0.255 e. The molecule has 3 rings (SSSR count).